The molecule has 5 nitrogen and oxygen atoms in total. The summed E-state index contributed by atoms with van der Waals surface area (Å²) in [5.41, 5.74) is 11.4. The second kappa shape index (κ2) is 13.5. The molecule has 0 radical (unpaired) electrons. The summed E-state index contributed by atoms with van der Waals surface area (Å²) in [6.45, 7) is 0. The summed E-state index contributed by atoms with van der Waals surface area (Å²) >= 11 is 0. The Morgan fingerprint density at radius 1 is 0.298 bits per heavy atom. The zero-order valence-electron chi connectivity index (χ0n) is 30.8. The van der Waals surface area contributed by atoms with E-state index in [1.54, 1.807) is 0 Å². The predicted molar refractivity (Wildman–Crippen MR) is 234 cm³/mol. The third-order valence-electron chi connectivity index (χ3n) is 10.8. The summed E-state index contributed by atoms with van der Waals surface area (Å²) in [4.78, 5) is 20.4. The number of hydrogen-bond acceptors (Lipinski definition) is 4. The van der Waals surface area contributed by atoms with E-state index in [0.29, 0.717) is 17.5 Å². The highest BCUT2D eigenvalue weighted by molar-refractivity contribution is 6.20. The molecule has 266 valence electrons. The second-order valence-electron chi connectivity index (χ2n) is 14.2. The fraction of sp³-hybridized carbons (Fsp3) is 0. The normalized spacial score (nSPS) is 11.5. The number of benzene rings is 8. The van der Waals surface area contributed by atoms with E-state index in [1.807, 2.05) is 60.7 Å². The van der Waals surface area contributed by atoms with Crippen molar-refractivity contribution in [2.24, 2.45) is 0 Å². The van der Waals surface area contributed by atoms with E-state index in [4.69, 9.17) is 19.9 Å². The molecule has 8 aromatic carbocycles. The number of hydrogen-bond donors (Lipinski definition) is 0. The zero-order valence-corrected chi connectivity index (χ0v) is 30.8. The molecule has 11 aromatic rings. The van der Waals surface area contributed by atoms with E-state index in [1.165, 1.54) is 10.8 Å². The maximum atomic E-state index is 5.25. The molecule has 0 saturated carbocycles. The number of rotatable bonds is 6. The summed E-state index contributed by atoms with van der Waals surface area (Å²) in [6, 6.07) is 69.8. The van der Waals surface area contributed by atoms with Crippen LogP contribution in [0.4, 0.5) is 0 Å². The van der Waals surface area contributed by atoms with Gasteiger partial charge in [-0.1, -0.05) is 158 Å². The molecule has 3 heterocycles. The van der Waals surface area contributed by atoms with Crippen LogP contribution in [0.15, 0.2) is 200 Å². The molecule has 0 aliphatic rings. The third-order valence-corrected chi connectivity index (χ3v) is 10.8. The standard InChI is InChI=1S/C52H33N5/c1-5-17-34(18-6-1)49-45-33-48-44(32-42(45)40-26-15-16-28-46(40)53-49)43-31-37(29-30-47(43)57(48)38-23-11-4-12-24-38)39-25-13-14-27-41(39)52-55-50(35-19-7-2-8-20-35)54-51(56-52)36-21-9-3-10-22-36/h1-33H. The Hall–Kier alpha value is -7.76. The largest absolute Gasteiger partial charge is 0.309 e. The summed E-state index contributed by atoms with van der Waals surface area (Å²) in [5.74, 6) is 1.90. The van der Waals surface area contributed by atoms with E-state index in [-0.39, 0.29) is 0 Å². The number of pyridine rings is 1. The molecular formula is C52H33N5. The lowest BCUT2D eigenvalue weighted by atomic mass is 9.96. The van der Waals surface area contributed by atoms with Crippen LogP contribution >= 0.6 is 0 Å². The van der Waals surface area contributed by atoms with Crippen LogP contribution in [-0.2, 0) is 0 Å². The Kier molecular flexibility index (Phi) is 7.74. The third kappa shape index (κ3) is 5.64. The van der Waals surface area contributed by atoms with Gasteiger partial charge in [-0.25, -0.2) is 19.9 Å². The van der Waals surface area contributed by atoms with Gasteiger partial charge >= 0.3 is 0 Å². The van der Waals surface area contributed by atoms with Gasteiger partial charge in [-0.3, -0.25) is 0 Å². The molecule has 0 unspecified atom stereocenters. The van der Waals surface area contributed by atoms with Crippen molar-refractivity contribution in [3.8, 4) is 62.2 Å². The van der Waals surface area contributed by atoms with Crippen molar-refractivity contribution >= 4 is 43.5 Å². The summed E-state index contributed by atoms with van der Waals surface area (Å²) in [7, 11) is 0. The van der Waals surface area contributed by atoms with Crippen molar-refractivity contribution in [1.82, 2.24) is 24.5 Å². The van der Waals surface area contributed by atoms with Crippen LogP contribution in [0.1, 0.15) is 0 Å². The molecule has 0 aliphatic heterocycles. The lowest BCUT2D eigenvalue weighted by Crippen LogP contribution is -2.01. The second-order valence-corrected chi connectivity index (χ2v) is 14.2. The van der Waals surface area contributed by atoms with Crippen molar-refractivity contribution in [2.75, 3.05) is 0 Å². The van der Waals surface area contributed by atoms with Crippen LogP contribution in [-0.4, -0.2) is 24.5 Å². The molecule has 0 atom stereocenters. The highest BCUT2D eigenvalue weighted by Gasteiger charge is 2.20. The van der Waals surface area contributed by atoms with Gasteiger partial charge in [-0.15, -0.1) is 0 Å². The molecule has 0 amide bonds. The van der Waals surface area contributed by atoms with Crippen LogP contribution in [0, 0.1) is 0 Å². The van der Waals surface area contributed by atoms with E-state index < -0.39 is 0 Å². The van der Waals surface area contributed by atoms with Crippen molar-refractivity contribution in [3.63, 3.8) is 0 Å². The SMILES string of the molecule is c1ccc(-c2nc(-c3ccccc3)nc(-c3ccccc3-c3ccc4c(c3)c3cc5c(cc3n4-c3ccccc3)c(-c3ccccc3)nc3ccccc35)n2)cc1. The molecule has 5 heteroatoms. The first-order chi connectivity index (χ1) is 28.3. The Morgan fingerprint density at radius 3 is 1.53 bits per heavy atom. The van der Waals surface area contributed by atoms with Gasteiger partial charge in [0.25, 0.3) is 0 Å². The van der Waals surface area contributed by atoms with E-state index in [2.05, 4.69) is 144 Å². The van der Waals surface area contributed by atoms with Gasteiger partial charge in [0.1, 0.15) is 0 Å². The zero-order chi connectivity index (χ0) is 37.7. The van der Waals surface area contributed by atoms with Crippen molar-refractivity contribution in [1.29, 1.82) is 0 Å². The average molecular weight is 728 g/mol. The lowest BCUT2D eigenvalue weighted by Gasteiger charge is -2.13. The maximum Gasteiger partial charge on any atom is 0.164 e. The van der Waals surface area contributed by atoms with Gasteiger partial charge in [-0.05, 0) is 59.0 Å². The first kappa shape index (κ1) is 32.7. The van der Waals surface area contributed by atoms with Crippen LogP contribution < -0.4 is 0 Å². The minimum Gasteiger partial charge on any atom is -0.309 e. The Bertz CT molecular complexity index is 3210. The average Bonchev–Trinajstić information content (AvgIpc) is 3.61. The van der Waals surface area contributed by atoms with E-state index in [9.17, 15) is 0 Å². The summed E-state index contributed by atoms with van der Waals surface area (Å²) < 4.78 is 2.38. The monoisotopic (exact) mass is 727 g/mol. The van der Waals surface area contributed by atoms with Crippen LogP contribution in [0.25, 0.3) is 106 Å². The van der Waals surface area contributed by atoms with Gasteiger partial charge < -0.3 is 4.57 Å². The Morgan fingerprint density at radius 2 is 0.842 bits per heavy atom. The van der Waals surface area contributed by atoms with E-state index >= 15 is 0 Å². The molecule has 0 N–H and O–H groups in total. The summed E-state index contributed by atoms with van der Waals surface area (Å²) in [6.07, 6.45) is 0. The number of para-hydroxylation sites is 2. The molecule has 0 bridgehead atoms. The van der Waals surface area contributed by atoms with Crippen LogP contribution in [0.2, 0.25) is 0 Å². The minimum absolute atomic E-state index is 0.628. The Balaban J connectivity index is 1.17. The first-order valence-corrected chi connectivity index (χ1v) is 19.1. The summed E-state index contributed by atoms with van der Waals surface area (Å²) in [5, 5.41) is 5.77. The number of aromatic nitrogens is 5. The van der Waals surface area contributed by atoms with Crippen molar-refractivity contribution in [2.45, 2.75) is 0 Å². The molecule has 0 spiro atoms. The lowest BCUT2D eigenvalue weighted by molar-refractivity contribution is 1.07. The topological polar surface area (TPSA) is 56.5 Å². The van der Waals surface area contributed by atoms with Crippen molar-refractivity contribution < 1.29 is 0 Å². The molecule has 0 aliphatic carbocycles. The van der Waals surface area contributed by atoms with Crippen LogP contribution in [0.3, 0.4) is 0 Å². The fourth-order valence-electron chi connectivity index (χ4n) is 8.16. The van der Waals surface area contributed by atoms with Gasteiger partial charge in [0.2, 0.25) is 0 Å². The predicted octanol–water partition coefficient (Wildman–Crippen LogP) is 13.0. The molecule has 0 fully saturated rings. The molecule has 11 rings (SSSR count). The molecule has 3 aromatic heterocycles. The smallest absolute Gasteiger partial charge is 0.164 e. The number of fused-ring (bicyclic) bond motifs is 6. The number of nitrogens with zero attached hydrogens (tertiary/aromatic N) is 5. The van der Waals surface area contributed by atoms with Crippen molar-refractivity contribution in [3.05, 3.63) is 200 Å². The first-order valence-electron chi connectivity index (χ1n) is 19.1. The fourth-order valence-corrected chi connectivity index (χ4v) is 8.16. The maximum absolute atomic E-state index is 5.25. The molecule has 57 heavy (non-hydrogen) atoms. The van der Waals surface area contributed by atoms with Gasteiger partial charge in [0, 0.05) is 49.5 Å². The van der Waals surface area contributed by atoms with Crippen LogP contribution in [0.5, 0.6) is 0 Å². The quantitative estimate of drug-likeness (QED) is 0.160. The highest BCUT2D eigenvalue weighted by Crippen LogP contribution is 2.42. The molecular weight excluding hydrogens is 695 g/mol. The van der Waals surface area contributed by atoms with Gasteiger partial charge in [-0.2, -0.15) is 0 Å². The van der Waals surface area contributed by atoms with E-state index in [0.717, 1.165) is 77.5 Å². The van der Waals surface area contributed by atoms with Gasteiger partial charge in [0.05, 0.1) is 22.2 Å². The van der Waals surface area contributed by atoms with Gasteiger partial charge in [0.15, 0.2) is 17.5 Å². The Labute approximate surface area is 329 Å². The highest BCUT2D eigenvalue weighted by atomic mass is 15.0. The molecule has 0 saturated heterocycles. The minimum atomic E-state index is 0.628.